The SMILES string of the molecule is CCC(=O)OCC(=O)[C@@]1(OC(=O)CC)[C@H](C)C[C@H]2[C@H]3[C@H]([C@@H](O)C[C@@]21C)[C@@]1(C)C=CC(=O)C=C1C[C@H]3Br. The lowest BCUT2D eigenvalue weighted by atomic mass is 9.46. The highest BCUT2D eigenvalue weighted by atomic mass is 79.9. The van der Waals surface area contributed by atoms with Gasteiger partial charge in [-0.3, -0.25) is 19.2 Å². The van der Waals surface area contributed by atoms with Crippen LogP contribution in [-0.4, -0.2) is 51.8 Å². The van der Waals surface area contributed by atoms with Crippen LogP contribution in [0.3, 0.4) is 0 Å². The number of hydrogen-bond acceptors (Lipinski definition) is 7. The van der Waals surface area contributed by atoms with Crippen LogP contribution >= 0.6 is 15.9 Å². The van der Waals surface area contributed by atoms with Gasteiger partial charge >= 0.3 is 11.9 Å². The molecule has 0 heterocycles. The van der Waals surface area contributed by atoms with Gasteiger partial charge in [0.25, 0.3) is 0 Å². The Morgan fingerprint density at radius 3 is 2.47 bits per heavy atom. The van der Waals surface area contributed by atoms with Crippen LogP contribution in [0.15, 0.2) is 23.8 Å². The van der Waals surface area contributed by atoms with Crippen LogP contribution in [0.2, 0.25) is 0 Å². The second kappa shape index (κ2) is 9.50. The molecule has 0 radical (unpaired) electrons. The molecule has 0 aromatic carbocycles. The first-order chi connectivity index (χ1) is 16.9. The van der Waals surface area contributed by atoms with Crippen molar-refractivity contribution in [3.63, 3.8) is 0 Å². The number of carbonyl (C=O) groups excluding carboxylic acids is 4. The lowest BCUT2D eigenvalue weighted by Gasteiger charge is -2.61. The molecule has 4 aliphatic carbocycles. The van der Waals surface area contributed by atoms with E-state index >= 15 is 0 Å². The molecule has 0 aromatic heterocycles. The number of Topliss-reactive ketones (excluding diaryl/α,β-unsaturated/α-hetero) is 1. The summed E-state index contributed by atoms with van der Waals surface area (Å²) >= 11 is 3.89. The summed E-state index contributed by atoms with van der Waals surface area (Å²) in [5.74, 6) is -1.99. The molecule has 3 fully saturated rings. The van der Waals surface area contributed by atoms with Gasteiger partial charge in [-0.25, -0.2) is 0 Å². The molecule has 0 spiro atoms. The van der Waals surface area contributed by atoms with Gasteiger partial charge in [-0.15, -0.1) is 0 Å². The minimum absolute atomic E-state index is 0.0155. The van der Waals surface area contributed by atoms with Gasteiger partial charge < -0.3 is 14.6 Å². The zero-order chi connectivity index (χ0) is 26.6. The van der Waals surface area contributed by atoms with Crippen molar-refractivity contribution in [3.05, 3.63) is 23.8 Å². The fraction of sp³-hybridized carbons (Fsp3) is 0.714. The van der Waals surface area contributed by atoms with Crippen LogP contribution in [0.25, 0.3) is 0 Å². The van der Waals surface area contributed by atoms with Gasteiger partial charge in [-0.2, -0.15) is 0 Å². The van der Waals surface area contributed by atoms with Crippen LogP contribution in [-0.2, 0) is 28.7 Å². The summed E-state index contributed by atoms with van der Waals surface area (Å²) in [6.45, 7) is 8.84. The standard InChI is InChI=1S/C28H37BrO7/c1-6-22(33)35-14-21(32)28(36-23(34)7-2)15(3)10-18-24-19(29)12-16-11-17(30)8-9-26(16,4)25(24)20(31)13-27(18,28)5/h8-9,11,15,18-20,24-25,31H,6-7,10,12-14H2,1-5H3/t15-,18+,19-,20+,24-,25+,26+,27+,28+/m1/s1. The third-order valence-corrected chi connectivity index (χ3v) is 10.6. The predicted molar refractivity (Wildman–Crippen MR) is 136 cm³/mol. The van der Waals surface area contributed by atoms with Crippen molar-refractivity contribution in [2.24, 2.45) is 34.5 Å². The van der Waals surface area contributed by atoms with E-state index in [9.17, 15) is 24.3 Å². The Balaban J connectivity index is 1.79. The number of fused-ring (bicyclic) bond motifs is 5. The van der Waals surface area contributed by atoms with Gasteiger partial charge in [-0.05, 0) is 43.3 Å². The van der Waals surface area contributed by atoms with Gasteiger partial charge in [0, 0.05) is 40.3 Å². The molecule has 0 saturated heterocycles. The Kier molecular flexibility index (Phi) is 7.19. The topological polar surface area (TPSA) is 107 Å². The van der Waals surface area contributed by atoms with Gasteiger partial charge in [-0.1, -0.05) is 62.2 Å². The van der Waals surface area contributed by atoms with Crippen molar-refractivity contribution in [1.29, 1.82) is 0 Å². The monoisotopic (exact) mass is 564 g/mol. The number of ether oxygens (including phenoxy) is 2. The number of halogens is 1. The number of carbonyl (C=O) groups is 4. The van der Waals surface area contributed by atoms with E-state index in [1.165, 1.54) is 0 Å². The maximum absolute atomic E-state index is 13.9. The lowest BCUT2D eigenvalue weighted by molar-refractivity contribution is -0.205. The summed E-state index contributed by atoms with van der Waals surface area (Å²) in [5, 5.41) is 11.7. The summed E-state index contributed by atoms with van der Waals surface area (Å²) in [6.07, 6.45) is 6.23. The van der Waals surface area contributed by atoms with E-state index < -0.39 is 46.9 Å². The molecule has 4 aliphatic rings. The van der Waals surface area contributed by atoms with Crippen LogP contribution in [0, 0.1) is 34.5 Å². The summed E-state index contributed by atoms with van der Waals surface area (Å²) < 4.78 is 11.3. The van der Waals surface area contributed by atoms with Crippen molar-refractivity contribution in [2.75, 3.05) is 6.61 Å². The number of aliphatic hydroxyl groups is 1. The Morgan fingerprint density at radius 2 is 1.83 bits per heavy atom. The highest BCUT2D eigenvalue weighted by molar-refractivity contribution is 9.09. The highest BCUT2D eigenvalue weighted by Crippen LogP contribution is 2.70. The van der Waals surface area contributed by atoms with Crippen LogP contribution in [0.1, 0.15) is 66.7 Å². The van der Waals surface area contributed by atoms with E-state index in [-0.39, 0.29) is 53.5 Å². The summed E-state index contributed by atoms with van der Waals surface area (Å²) in [4.78, 5) is 50.6. The van der Waals surface area contributed by atoms with E-state index in [1.54, 1.807) is 26.0 Å². The Morgan fingerprint density at radius 1 is 1.17 bits per heavy atom. The molecule has 3 saturated carbocycles. The second-order valence-corrected chi connectivity index (χ2v) is 12.6. The van der Waals surface area contributed by atoms with Crippen molar-refractivity contribution < 1.29 is 33.8 Å². The normalized spacial score (nSPS) is 43.1. The zero-order valence-corrected chi connectivity index (χ0v) is 23.3. The molecule has 36 heavy (non-hydrogen) atoms. The molecular weight excluding hydrogens is 528 g/mol. The van der Waals surface area contributed by atoms with E-state index in [4.69, 9.17) is 9.47 Å². The molecule has 9 atom stereocenters. The molecule has 198 valence electrons. The van der Waals surface area contributed by atoms with Gasteiger partial charge in [0.15, 0.2) is 18.0 Å². The number of rotatable bonds is 6. The number of ketones is 2. The Labute approximate surface area is 221 Å². The largest absolute Gasteiger partial charge is 0.457 e. The fourth-order valence-electron chi connectivity index (χ4n) is 8.04. The maximum atomic E-state index is 13.9. The summed E-state index contributed by atoms with van der Waals surface area (Å²) in [6, 6.07) is 0. The third-order valence-electron chi connectivity index (χ3n) is 9.65. The Hall–Kier alpha value is -1.80. The van der Waals surface area contributed by atoms with Crippen LogP contribution in [0.4, 0.5) is 0 Å². The Bertz CT molecular complexity index is 1030. The van der Waals surface area contributed by atoms with Gasteiger partial charge in [0.2, 0.25) is 5.78 Å². The molecule has 0 aliphatic heterocycles. The van der Waals surface area contributed by atoms with Crippen molar-refractivity contribution >= 4 is 39.4 Å². The first kappa shape index (κ1) is 27.2. The molecule has 0 aromatic rings. The maximum Gasteiger partial charge on any atom is 0.306 e. The van der Waals surface area contributed by atoms with Crippen molar-refractivity contribution in [2.45, 2.75) is 83.3 Å². The van der Waals surface area contributed by atoms with E-state index in [0.717, 1.165) is 5.57 Å². The molecule has 0 unspecified atom stereocenters. The third kappa shape index (κ3) is 3.85. The molecule has 8 heteroatoms. The molecular formula is C28H37BrO7. The summed E-state index contributed by atoms with van der Waals surface area (Å²) in [5.41, 5.74) is -1.82. The quantitative estimate of drug-likeness (QED) is 0.382. The number of alkyl halides is 1. The van der Waals surface area contributed by atoms with Gasteiger partial charge in [0.1, 0.15) is 0 Å². The van der Waals surface area contributed by atoms with Crippen LogP contribution in [0.5, 0.6) is 0 Å². The number of aliphatic hydroxyl groups excluding tert-OH is 1. The molecule has 1 N–H and O–H groups in total. The van der Waals surface area contributed by atoms with Crippen LogP contribution < -0.4 is 0 Å². The average molecular weight is 566 g/mol. The molecule has 0 amide bonds. The molecule has 0 bridgehead atoms. The second-order valence-electron chi connectivity index (χ2n) is 11.4. The minimum atomic E-state index is -1.51. The van der Waals surface area contributed by atoms with E-state index in [1.807, 2.05) is 19.9 Å². The van der Waals surface area contributed by atoms with E-state index in [0.29, 0.717) is 12.8 Å². The van der Waals surface area contributed by atoms with Crippen molar-refractivity contribution in [1.82, 2.24) is 0 Å². The number of esters is 2. The van der Waals surface area contributed by atoms with E-state index in [2.05, 4.69) is 22.9 Å². The number of hydrogen-bond donors (Lipinski definition) is 1. The smallest absolute Gasteiger partial charge is 0.306 e. The predicted octanol–water partition coefficient (Wildman–Crippen LogP) is 4.10. The first-order valence-corrected chi connectivity index (χ1v) is 13.9. The van der Waals surface area contributed by atoms with Crippen molar-refractivity contribution in [3.8, 4) is 0 Å². The molecule has 4 rings (SSSR count). The number of allylic oxidation sites excluding steroid dienone is 4. The average Bonchev–Trinajstić information content (AvgIpc) is 3.04. The lowest BCUT2D eigenvalue weighted by Crippen LogP contribution is -2.65. The first-order valence-electron chi connectivity index (χ1n) is 13.0. The minimum Gasteiger partial charge on any atom is -0.457 e. The molecule has 7 nitrogen and oxygen atoms in total. The fourth-order valence-corrected chi connectivity index (χ4v) is 9.08. The highest BCUT2D eigenvalue weighted by Gasteiger charge is 2.73. The zero-order valence-electron chi connectivity index (χ0n) is 21.7. The summed E-state index contributed by atoms with van der Waals surface area (Å²) in [7, 11) is 0. The van der Waals surface area contributed by atoms with Gasteiger partial charge in [0.05, 0.1) is 6.10 Å².